The molecule has 2 rings (SSSR count). The molecule has 2 nitrogen and oxygen atoms in total. The van der Waals surface area contributed by atoms with Gasteiger partial charge in [0.1, 0.15) is 0 Å². The quantitative estimate of drug-likeness (QED) is 0.902. The number of hydrogen-bond acceptors (Lipinski definition) is 2. The van der Waals surface area contributed by atoms with E-state index in [1.165, 1.54) is 5.56 Å². The van der Waals surface area contributed by atoms with Crippen molar-refractivity contribution in [3.05, 3.63) is 32.7 Å². The van der Waals surface area contributed by atoms with Gasteiger partial charge in [-0.05, 0) is 31.2 Å². The molecule has 0 aromatic heterocycles. The maximum atomic E-state index is 5.46. The number of hydrogen-bond donors (Lipinski definition) is 1. The lowest BCUT2D eigenvalue weighted by Crippen LogP contribution is -2.25. The summed E-state index contributed by atoms with van der Waals surface area (Å²) in [5.41, 5.74) is 1.31. The Hall–Kier alpha value is 0.1000. The molecule has 1 saturated heterocycles. The van der Waals surface area contributed by atoms with Crippen LogP contribution in [0.25, 0.3) is 0 Å². The standard InChI is InChI=1S/C12H15Br2NO/c1-15-12(8-4-5-16-7-8)10-3-2-9(13)6-11(10)14/h2-3,6,8,12,15H,4-5,7H2,1H3. The van der Waals surface area contributed by atoms with Crippen LogP contribution in [0.1, 0.15) is 18.0 Å². The Kier molecular flexibility index (Phi) is 4.41. The molecule has 4 heteroatoms. The smallest absolute Gasteiger partial charge is 0.0513 e. The molecule has 1 heterocycles. The third kappa shape index (κ3) is 2.67. The SMILES string of the molecule is CNC(c1ccc(Br)cc1Br)C1CCOC1. The minimum atomic E-state index is 0.366. The van der Waals surface area contributed by atoms with Gasteiger partial charge in [0.15, 0.2) is 0 Å². The molecule has 0 bridgehead atoms. The Balaban J connectivity index is 2.25. The summed E-state index contributed by atoms with van der Waals surface area (Å²) in [6.45, 7) is 1.74. The second kappa shape index (κ2) is 5.63. The molecule has 2 atom stereocenters. The topological polar surface area (TPSA) is 21.3 Å². The molecule has 0 aliphatic carbocycles. The Bertz CT molecular complexity index is 364. The zero-order chi connectivity index (χ0) is 11.5. The summed E-state index contributed by atoms with van der Waals surface area (Å²) in [5, 5.41) is 3.40. The van der Waals surface area contributed by atoms with Crippen molar-refractivity contribution in [2.45, 2.75) is 12.5 Å². The molecule has 16 heavy (non-hydrogen) atoms. The first kappa shape index (κ1) is 12.6. The number of nitrogens with one attached hydrogen (secondary N) is 1. The monoisotopic (exact) mass is 347 g/mol. The van der Waals surface area contributed by atoms with Gasteiger partial charge in [-0.25, -0.2) is 0 Å². The third-order valence-electron chi connectivity index (χ3n) is 3.04. The summed E-state index contributed by atoms with van der Waals surface area (Å²) in [6, 6.07) is 6.70. The molecule has 1 fully saturated rings. The molecule has 2 unspecified atom stereocenters. The molecule has 1 aromatic rings. The van der Waals surface area contributed by atoms with E-state index in [-0.39, 0.29) is 0 Å². The molecular formula is C12H15Br2NO. The minimum absolute atomic E-state index is 0.366. The average Bonchev–Trinajstić information content (AvgIpc) is 2.75. The summed E-state index contributed by atoms with van der Waals surface area (Å²) >= 11 is 7.10. The fourth-order valence-corrected chi connectivity index (χ4v) is 3.51. The molecule has 0 saturated carbocycles. The largest absolute Gasteiger partial charge is 0.381 e. The minimum Gasteiger partial charge on any atom is -0.381 e. The molecule has 1 aliphatic heterocycles. The number of halogens is 2. The molecule has 0 amide bonds. The van der Waals surface area contributed by atoms with Crippen molar-refractivity contribution >= 4 is 31.9 Å². The Labute approximate surface area is 113 Å². The van der Waals surface area contributed by atoms with Crippen molar-refractivity contribution in [3.8, 4) is 0 Å². The summed E-state index contributed by atoms with van der Waals surface area (Å²) in [6.07, 6.45) is 1.13. The highest BCUT2D eigenvalue weighted by molar-refractivity contribution is 9.11. The van der Waals surface area contributed by atoms with E-state index in [4.69, 9.17) is 4.74 Å². The zero-order valence-electron chi connectivity index (χ0n) is 9.17. The maximum Gasteiger partial charge on any atom is 0.0513 e. The van der Waals surface area contributed by atoms with E-state index in [2.05, 4.69) is 55.4 Å². The highest BCUT2D eigenvalue weighted by Crippen LogP contribution is 2.34. The Morgan fingerprint density at radius 2 is 2.25 bits per heavy atom. The van der Waals surface area contributed by atoms with Gasteiger partial charge in [-0.3, -0.25) is 0 Å². The van der Waals surface area contributed by atoms with Gasteiger partial charge in [0.2, 0.25) is 0 Å². The fourth-order valence-electron chi connectivity index (χ4n) is 2.21. The van der Waals surface area contributed by atoms with Crippen LogP contribution >= 0.6 is 31.9 Å². The summed E-state index contributed by atoms with van der Waals surface area (Å²) < 4.78 is 7.70. The van der Waals surface area contributed by atoms with Gasteiger partial charge in [-0.2, -0.15) is 0 Å². The van der Waals surface area contributed by atoms with Crippen LogP contribution in [0.15, 0.2) is 27.1 Å². The van der Waals surface area contributed by atoms with Crippen molar-refractivity contribution in [2.75, 3.05) is 20.3 Å². The van der Waals surface area contributed by atoms with Crippen LogP contribution in [0.4, 0.5) is 0 Å². The van der Waals surface area contributed by atoms with E-state index in [9.17, 15) is 0 Å². The first-order valence-electron chi connectivity index (χ1n) is 5.42. The fraction of sp³-hybridized carbons (Fsp3) is 0.500. The molecule has 88 valence electrons. The van der Waals surface area contributed by atoms with Gasteiger partial charge < -0.3 is 10.1 Å². The lowest BCUT2D eigenvalue weighted by Gasteiger charge is -2.23. The predicted molar refractivity (Wildman–Crippen MR) is 72.6 cm³/mol. The van der Waals surface area contributed by atoms with Gasteiger partial charge in [0.05, 0.1) is 6.61 Å². The Morgan fingerprint density at radius 3 is 2.81 bits per heavy atom. The zero-order valence-corrected chi connectivity index (χ0v) is 12.3. The van der Waals surface area contributed by atoms with E-state index >= 15 is 0 Å². The van der Waals surface area contributed by atoms with Crippen molar-refractivity contribution in [1.29, 1.82) is 0 Å². The van der Waals surface area contributed by atoms with Crippen molar-refractivity contribution < 1.29 is 4.74 Å². The van der Waals surface area contributed by atoms with E-state index in [1.54, 1.807) is 0 Å². The van der Waals surface area contributed by atoms with E-state index < -0.39 is 0 Å². The van der Waals surface area contributed by atoms with Crippen LogP contribution in [-0.2, 0) is 4.74 Å². The lowest BCUT2D eigenvalue weighted by atomic mass is 9.92. The maximum absolute atomic E-state index is 5.46. The van der Waals surface area contributed by atoms with Crippen LogP contribution in [0.5, 0.6) is 0 Å². The number of benzene rings is 1. The van der Waals surface area contributed by atoms with Crippen molar-refractivity contribution in [1.82, 2.24) is 5.32 Å². The first-order valence-corrected chi connectivity index (χ1v) is 7.01. The molecule has 1 aliphatic rings. The second-order valence-corrected chi connectivity index (χ2v) is 5.83. The predicted octanol–water partition coefficient (Wildman–Crippen LogP) is 3.51. The molecule has 1 N–H and O–H groups in total. The van der Waals surface area contributed by atoms with Crippen LogP contribution in [0.2, 0.25) is 0 Å². The third-order valence-corrected chi connectivity index (χ3v) is 4.22. The first-order chi connectivity index (χ1) is 7.72. The van der Waals surface area contributed by atoms with Gasteiger partial charge in [-0.15, -0.1) is 0 Å². The summed E-state index contributed by atoms with van der Waals surface area (Å²) in [5.74, 6) is 0.572. The summed E-state index contributed by atoms with van der Waals surface area (Å²) in [7, 11) is 2.01. The number of rotatable bonds is 3. The van der Waals surface area contributed by atoms with E-state index in [0.29, 0.717) is 12.0 Å². The lowest BCUT2D eigenvalue weighted by molar-refractivity contribution is 0.177. The normalized spacial score (nSPS) is 22.3. The molecular weight excluding hydrogens is 334 g/mol. The highest BCUT2D eigenvalue weighted by atomic mass is 79.9. The van der Waals surface area contributed by atoms with Gasteiger partial charge in [-0.1, -0.05) is 37.9 Å². The van der Waals surface area contributed by atoms with Crippen LogP contribution in [0, 0.1) is 5.92 Å². The summed E-state index contributed by atoms with van der Waals surface area (Å²) in [4.78, 5) is 0. The van der Waals surface area contributed by atoms with Crippen molar-refractivity contribution in [2.24, 2.45) is 5.92 Å². The molecule has 0 spiro atoms. The average molecular weight is 349 g/mol. The van der Waals surface area contributed by atoms with E-state index in [0.717, 1.165) is 28.6 Å². The Morgan fingerprint density at radius 1 is 1.44 bits per heavy atom. The highest BCUT2D eigenvalue weighted by Gasteiger charge is 2.27. The second-order valence-electron chi connectivity index (χ2n) is 4.06. The van der Waals surface area contributed by atoms with Gasteiger partial charge >= 0.3 is 0 Å². The van der Waals surface area contributed by atoms with Gasteiger partial charge in [0, 0.05) is 27.5 Å². The van der Waals surface area contributed by atoms with Gasteiger partial charge in [0.25, 0.3) is 0 Å². The van der Waals surface area contributed by atoms with Crippen LogP contribution in [-0.4, -0.2) is 20.3 Å². The van der Waals surface area contributed by atoms with Crippen LogP contribution < -0.4 is 5.32 Å². The molecule has 1 aromatic carbocycles. The van der Waals surface area contributed by atoms with Crippen molar-refractivity contribution in [3.63, 3.8) is 0 Å². The number of ether oxygens (including phenoxy) is 1. The van der Waals surface area contributed by atoms with Crippen LogP contribution in [0.3, 0.4) is 0 Å². The molecule has 0 radical (unpaired) electrons. The van der Waals surface area contributed by atoms with E-state index in [1.807, 2.05) is 7.05 Å².